The Balaban J connectivity index is 1.43. The van der Waals surface area contributed by atoms with Crippen LogP contribution < -0.4 is 15.0 Å². The standard InChI is InChI=1S/C45H52N5O6PS/c1-30(2)50(31(3)4)57(55-26-12-24-46)56-39(23-25-49-29-47-41-40-32(5)27-33(6)48-43(40)58-42(41)44(49)51)28-54-45(34-13-10-9-11-14-34,35-15-19-37(52-7)20-16-35)36-17-21-38(53-8)22-18-36/h9-11,13-22,27,29-31,39H,12,23,25-26,28H2,1-8H3/t39-,57?/m0/s1. The molecule has 13 heteroatoms. The van der Waals surface area contributed by atoms with Crippen molar-refractivity contribution in [1.82, 2.24) is 19.2 Å². The van der Waals surface area contributed by atoms with Crippen LogP contribution in [0.1, 0.15) is 68.5 Å². The van der Waals surface area contributed by atoms with Crippen LogP contribution in [0.15, 0.2) is 96.1 Å². The van der Waals surface area contributed by atoms with Crippen LogP contribution in [0.2, 0.25) is 0 Å². The minimum atomic E-state index is -1.65. The molecule has 3 aromatic carbocycles. The highest BCUT2D eigenvalue weighted by atomic mass is 32.1. The Morgan fingerprint density at radius 3 is 2.07 bits per heavy atom. The number of hydrogen-bond acceptors (Lipinski definition) is 11. The molecule has 2 atom stereocenters. The van der Waals surface area contributed by atoms with Crippen LogP contribution in [-0.2, 0) is 25.9 Å². The van der Waals surface area contributed by atoms with Crippen LogP contribution in [0.4, 0.5) is 0 Å². The first-order valence-electron chi connectivity index (χ1n) is 19.5. The number of thiophene rings is 1. The van der Waals surface area contributed by atoms with Crippen LogP contribution in [0, 0.1) is 25.2 Å². The monoisotopic (exact) mass is 821 g/mol. The Morgan fingerprint density at radius 1 is 0.897 bits per heavy atom. The maximum atomic E-state index is 14.1. The van der Waals surface area contributed by atoms with E-state index >= 15 is 0 Å². The zero-order valence-corrected chi connectivity index (χ0v) is 36.2. The van der Waals surface area contributed by atoms with E-state index in [9.17, 15) is 10.1 Å². The van der Waals surface area contributed by atoms with Gasteiger partial charge in [-0.2, -0.15) is 5.26 Å². The molecule has 304 valence electrons. The minimum Gasteiger partial charge on any atom is -0.497 e. The second-order valence-electron chi connectivity index (χ2n) is 14.7. The summed E-state index contributed by atoms with van der Waals surface area (Å²) in [5.74, 6) is 1.44. The van der Waals surface area contributed by atoms with Gasteiger partial charge in [0.25, 0.3) is 14.1 Å². The van der Waals surface area contributed by atoms with E-state index in [1.165, 1.54) is 11.3 Å². The zero-order valence-electron chi connectivity index (χ0n) is 34.5. The molecule has 3 heterocycles. The lowest BCUT2D eigenvalue weighted by Crippen LogP contribution is -2.38. The number of nitriles is 1. The molecule has 1 unspecified atom stereocenters. The van der Waals surface area contributed by atoms with Gasteiger partial charge in [-0.3, -0.25) is 9.36 Å². The number of aromatic nitrogens is 3. The van der Waals surface area contributed by atoms with E-state index in [1.54, 1.807) is 25.1 Å². The first-order valence-corrected chi connectivity index (χ1v) is 21.4. The maximum Gasteiger partial charge on any atom is 0.271 e. The smallest absolute Gasteiger partial charge is 0.271 e. The fourth-order valence-electron chi connectivity index (χ4n) is 7.32. The predicted octanol–water partition coefficient (Wildman–Crippen LogP) is 9.70. The molecular formula is C45H52N5O6PS. The van der Waals surface area contributed by atoms with Crippen molar-refractivity contribution in [2.75, 3.05) is 27.4 Å². The van der Waals surface area contributed by atoms with Crippen LogP contribution in [-0.4, -0.2) is 64.8 Å². The molecule has 0 fully saturated rings. The van der Waals surface area contributed by atoms with Gasteiger partial charge < -0.3 is 23.3 Å². The molecule has 0 aliphatic carbocycles. The molecule has 3 aromatic heterocycles. The highest BCUT2D eigenvalue weighted by Gasteiger charge is 2.40. The Labute approximate surface area is 346 Å². The molecule has 0 aliphatic heterocycles. The van der Waals surface area contributed by atoms with Crippen molar-refractivity contribution < 1.29 is 23.3 Å². The molecule has 6 aromatic rings. The molecule has 0 radical (unpaired) electrons. The number of ether oxygens (including phenoxy) is 3. The van der Waals surface area contributed by atoms with Gasteiger partial charge in [0.1, 0.15) is 26.6 Å². The molecule has 0 N–H and O–H groups in total. The number of nitrogens with zero attached hydrogens (tertiary/aromatic N) is 5. The van der Waals surface area contributed by atoms with E-state index in [0.29, 0.717) is 23.2 Å². The maximum absolute atomic E-state index is 14.1. The van der Waals surface area contributed by atoms with Gasteiger partial charge in [-0.05, 0) is 101 Å². The average molecular weight is 822 g/mol. The van der Waals surface area contributed by atoms with E-state index in [-0.39, 0.29) is 37.3 Å². The fraction of sp³-hybridized carbons (Fsp3) is 0.378. The van der Waals surface area contributed by atoms with Gasteiger partial charge in [0.2, 0.25) is 0 Å². The van der Waals surface area contributed by atoms with Crippen LogP contribution in [0.25, 0.3) is 20.4 Å². The summed E-state index contributed by atoms with van der Waals surface area (Å²) in [6.07, 6.45) is 1.68. The van der Waals surface area contributed by atoms with E-state index in [0.717, 1.165) is 49.7 Å². The van der Waals surface area contributed by atoms with E-state index in [1.807, 2.05) is 86.6 Å². The Morgan fingerprint density at radius 2 is 1.50 bits per heavy atom. The summed E-state index contributed by atoms with van der Waals surface area (Å²) in [7, 11) is 1.64. The Hall–Kier alpha value is -4.73. The number of aryl methyl sites for hydroxylation is 3. The second kappa shape index (κ2) is 19.3. The molecule has 11 nitrogen and oxygen atoms in total. The molecule has 58 heavy (non-hydrogen) atoms. The number of methoxy groups -OCH3 is 2. The van der Waals surface area contributed by atoms with Crippen molar-refractivity contribution in [3.8, 4) is 17.6 Å². The van der Waals surface area contributed by atoms with Gasteiger partial charge >= 0.3 is 0 Å². The fourth-order valence-corrected chi connectivity index (χ4v) is 10.2. The molecule has 0 spiro atoms. The van der Waals surface area contributed by atoms with Gasteiger partial charge in [0, 0.05) is 29.7 Å². The first-order chi connectivity index (χ1) is 28.0. The SMILES string of the molecule is COc1ccc(C(OC[C@H](CCn2cnc3c(sc4nc(C)cc(C)c43)c2=O)OP(OCCC#N)N(C(C)C)C(C)C)(c2ccccc2)c2ccc(OC)cc2)cc1. The minimum absolute atomic E-state index is 0.0830. The highest BCUT2D eigenvalue weighted by molar-refractivity contribution is 7.44. The largest absolute Gasteiger partial charge is 0.497 e. The molecule has 0 saturated carbocycles. The third-order valence-corrected chi connectivity index (χ3v) is 13.2. The molecular weight excluding hydrogens is 770 g/mol. The van der Waals surface area contributed by atoms with Gasteiger partial charge in [-0.25, -0.2) is 14.6 Å². The summed E-state index contributed by atoms with van der Waals surface area (Å²) < 4.78 is 36.3. The van der Waals surface area contributed by atoms with Gasteiger partial charge in [-0.15, -0.1) is 11.3 Å². The zero-order chi connectivity index (χ0) is 41.4. The second-order valence-corrected chi connectivity index (χ2v) is 17.1. The van der Waals surface area contributed by atoms with Crippen molar-refractivity contribution in [3.05, 3.63) is 130 Å². The van der Waals surface area contributed by atoms with Crippen molar-refractivity contribution in [2.45, 2.75) is 84.7 Å². The van der Waals surface area contributed by atoms with Gasteiger partial charge in [0.15, 0.2) is 0 Å². The number of fused-ring (bicyclic) bond motifs is 3. The lowest BCUT2D eigenvalue weighted by atomic mass is 9.80. The van der Waals surface area contributed by atoms with Crippen molar-refractivity contribution in [2.24, 2.45) is 0 Å². The molecule has 0 bridgehead atoms. The average Bonchev–Trinajstić information content (AvgIpc) is 3.60. The molecule has 6 rings (SSSR count). The summed E-state index contributed by atoms with van der Waals surface area (Å²) in [4.78, 5) is 24.4. The number of benzene rings is 3. The third-order valence-electron chi connectivity index (χ3n) is 10.00. The molecule has 0 saturated heterocycles. The quantitative estimate of drug-likeness (QED) is 0.0444. The summed E-state index contributed by atoms with van der Waals surface area (Å²) in [5.41, 5.74) is 4.08. The lowest BCUT2D eigenvalue weighted by molar-refractivity contribution is -0.0372. The van der Waals surface area contributed by atoms with Crippen LogP contribution in [0.3, 0.4) is 0 Å². The normalized spacial score (nSPS) is 13.1. The number of pyridine rings is 1. The molecule has 0 amide bonds. The van der Waals surface area contributed by atoms with Crippen LogP contribution in [0.5, 0.6) is 11.5 Å². The topological polar surface area (TPSA) is 121 Å². The summed E-state index contributed by atoms with van der Waals surface area (Å²) >= 11 is 1.38. The molecule has 0 aliphatic rings. The van der Waals surface area contributed by atoms with Crippen LogP contribution >= 0.6 is 19.9 Å². The number of rotatable bonds is 19. The summed E-state index contributed by atoms with van der Waals surface area (Å²) in [5, 5.41) is 10.3. The number of hydrogen-bond donors (Lipinski definition) is 0. The van der Waals surface area contributed by atoms with Gasteiger partial charge in [-0.1, -0.05) is 54.6 Å². The Bertz CT molecular complexity index is 2320. The lowest BCUT2D eigenvalue weighted by Gasteiger charge is -2.39. The summed E-state index contributed by atoms with van der Waals surface area (Å²) in [6, 6.07) is 30.3. The van der Waals surface area contributed by atoms with Crippen molar-refractivity contribution in [3.63, 3.8) is 0 Å². The third kappa shape index (κ3) is 9.26. The van der Waals surface area contributed by atoms with Crippen molar-refractivity contribution in [1.29, 1.82) is 5.26 Å². The first kappa shape index (κ1) is 42.9. The van der Waals surface area contributed by atoms with Crippen molar-refractivity contribution >= 4 is 40.3 Å². The van der Waals surface area contributed by atoms with Gasteiger partial charge in [0.05, 0.1) is 57.9 Å². The summed E-state index contributed by atoms with van der Waals surface area (Å²) in [6.45, 7) is 13.1. The van der Waals surface area contributed by atoms with E-state index < -0.39 is 20.2 Å². The predicted molar refractivity (Wildman–Crippen MR) is 232 cm³/mol. The highest BCUT2D eigenvalue weighted by Crippen LogP contribution is 2.48. The van der Waals surface area contributed by atoms with E-state index in [2.05, 4.69) is 50.6 Å². The van der Waals surface area contributed by atoms with E-state index in [4.69, 9.17) is 33.2 Å². The Kier molecular flexibility index (Phi) is 14.3.